The van der Waals surface area contributed by atoms with E-state index in [-0.39, 0.29) is 45.4 Å². The fourth-order valence-corrected chi connectivity index (χ4v) is 5.56. The molecule has 0 heterocycles. The third kappa shape index (κ3) is 2.55. The third-order valence-corrected chi connectivity index (χ3v) is 6.76. The van der Waals surface area contributed by atoms with Crippen LogP contribution >= 0.6 is 11.6 Å². The monoisotopic (exact) mass is 420 g/mol. The van der Waals surface area contributed by atoms with E-state index in [1.165, 1.54) is 13.0 Å². The molecule has 0 aromatic heterocycles. The highest BCUT2D eigenvalue weighted by molar-refractivity contribution is 6.34. The smallest absolute Gasteiger partial charge is 0.250 e. The summed E-state index contributed by atoms with van der Waals surface area (Å²) in [5, 5.41) is 42.9. The summed E-state index contributed by atoms with van der Waals surface area (Å²) < 4.78 is 0. The Labute approximate surface area is 171 Å². The maximum atomic E-state index is 13.2. The molecule has 0 radical (unpaired) electrons. The summed E-state index contributed by atoms with van der Waals surface area (Å²) in [6, 6.07) is 1.53. The Morgan fingerprint density at radius 3 is 2.55 bits per heavy atom. The number of primary amides is 1. The minimum absolute atomic E-state index is 0.0212. The molecule has 9 heteroatoms. The summed E-state index contributed by atoms with van der Waals surface area (Å²) in [5.41, 5.74) is 9.20. The highest BCUT2D eigenvalue weighted by atomic mass is 35.5. The third-order valence-electron chi connectivity index (χ3n) is 6.45. The van der Waals surface area contributed by atoms with E-state index < -0.39 is 40.8 Å². The fourth-order valence-electron chi connectivity index (χ4n) is 5.34. The first-order chi connectivity index (χ1) is 13.5. The lowest BCUT2D eigenvalue weighted by atomic mass is 9.58. The van der Waals surface area contributed by atoms with Gasteiger partial charge in [0, 0.05) is 12.0 Å². The number of phenolic OH excluding ortho intramolecular Hbond substituents is 1. The molecule has 1 amide bonds. The van der Waals surface area contributed by atoms with Crippen LogP contribution in [0.5, 0.6) is 5.75 Å². The predicted molar refractivity (Wildman–Crippen MR) is 104 cm³/mol. The molecule has 0 bridgehead atoms. The largest absolute Gasteiger partial charge is 0.512 e. The molecule has 8 N–H and O–H groups in total. The van der Waals surface area contributed by atoms with Crippen molar-refractivity contribution in [1.29, 1.82) is 0 Å². The molecule has 4 unspecified atom stereocenters. The van der Waals surface area contributed by atoms with Crippen molar-refractivity contribution < 1.29 is 30.0 Å². The van der Waals surface area contributed by atoms with E-state index in [0.717, 1.165) is 0 Å². The van der Waals surface area contributed by atoms with Gasteiger partial charge in [-0.2, -0.15) is 0 Å². The molecule has 1 aromatic carbocycles. The zero-order chi connectivity index (χ0) is 21.4. The van der Waals surface area contributed by atoms with Crippen LogP contribution in [0.1, 0.15) is 35.7 Å². The number of phenols is 1. The van der Waals surface area contributed by atoms with Crippen LogP contribution in [0.15, 0.2) is 28.7 Å². The average Bonchev–Trinajstić information content (AvgIpc) is 2.57. The van der Waals surface area contributed by atoms with Gasteiger partial charge in [-0.25, -0.2) is 0 Å². The van der Waals surface area contributed by atoms with Gasteiger partial charge in [0.2, 0.25) is 0 Å². The van der Waals surface area contributed by atoms with Crippen molar-refractivity contribution in [2.45, 2.75) is 31.8 Å². The zero-order valence-electron chi connectivity index (χ0n) is 15.6. The van der Waals surface area contributed by atoms with E-state index in [9.17, 15) is 30.0 Å². The molecule has 3 aliphatic carbocycles. The van der Waals surface area contributed by atoms with Crippen molar-refractivity contribution in [1.82, 2.24) is 0 Å². The number of hydrogen-bond acceptors (Lipinski definition) is 7. The van der Waals surface area contributed by atoms with Crippen LogP contribution in [0.25, 0.3) is 0 Å². The number of carbonyl (C=O) groups excluding carboxylic acids is 2. The second-order valence-electron chi connectivity index (χ2n) is 8.19. The van der Waals surface area contributed by atoms with Gasteiger partial charge < -0.3 is 31.9 Å². The molecule has 0 saturated carbocycles. The van der Waals surface area contributed by atoms with Crippen LogP contribution < -0.4 is 11.5 Å². The minimum Gasteiger partial charge on any atom is -0.512 e. The molecule has 4 rings (SSSR count). The number of aliphatic hydroxyl groups is 3. The van der Waals surface area contributed by atoms with Crippen molar-refractivity contribution in [2.75, 3.05) is 5.73 Å². The number of aromatic hydroxyl groups is 1. The van der Waals surface area contributed by atoms with Gasteiger partial charge in [0.15, 0.2) is 11.5 Å². The van der Waals surface area contributed by atoms with Crippen molar-refractivity contribution in [2.24, 2.45) is 23.5 Å². The van der Waals surface area contributed by atoms with Gasteiger partial charge in [0.1, 0.15) is 17.1 Å². The summed E-state index contributed by atoms with van der Waals surface area (Å²) in [4.78, 5) is 25.0. The summed E-state index contributed by atoms with van der Waals surface area (Å²) >= 11 is 6.04. The van der Waals surface area contributed by atoms with Crippen LogP contribution in [0.4, 0.5) is 5.69 Å². The molecule has 0 fully saturated rings. The maximum Gasteiger partial charge on any atom is 0.250 e. The van der Waals surface area contributed by atoms with Crippen LogP contribution in [0.2, 0.25) is 5.02 Å². The van der Waals surface area contributed by atoms with Crippen LogP contribution in [-0.4, -0.2) is 37.7 Å². The second kappa shape index (κ2) is 6.14. The Bertz CT molecular complexity index is 1040. The number of carbonyl (C=O) groups is 2. The molecule has 1 aromatic rings. The van der Waals surface area contributed by atoms with Crippen LogP contribution in [-0.2, 0) is 11.2 Å². The number of nitrogens with two attached hydrogens (primary N) is 2. The lowest BCUT2D eigenvalue weighted by Crippen LogP contribution is -2.52. The van der Waals surface area contributed by atoms with Gasteiger partial charge in [-0.05, 0) is 43.2 Å². The first kappa shape index (κ1) is 19.6. The number of rotatable bonds is 1. The molecule has 0 aliphatic heterocycles. The maximum absolute atomic E-state index is 13.2. The summed E-state index contributed by atoms with van der Waals surface area (Å²) in [6.45, 7) is 1.29. The van der Waals surface area contributed by atoms with Crippen LogP contribution in [0.3, 0.4) is 0 Å². The lowest BCUT2D eigenvalue weighted by molar-refractivity contribution is -0.119. The Kier molecular flexibility index (Phi) is 4.15. The van der Waals surface area contributed by atoms with E-state index in [1.54, 1.807) is 0 Å². The van der Waals surface area contributed by atoms with E-state index in [1.807, 2.05) is 0 Å². The Hall–Kier alpha value is -2.71. The molecule has 154 valence electrons. The number of Topliss-reactive ketones (excluding diaryl/α,β-unsaturated/α-hetero) is 1. The molecule has 3 aliphatic rings. The first-order valence-corrected chi connectivity index (χ1v) is 9.56. The summed E-state index contributed by atoms with van der Waals surface area (Å²) in [7, 11) is 0. The molecule has 8 nitrogen and oxygen atoms in total. The number of halogens is 1. The number of amides is 1. The highest BCUT2D eigenvalue weighted by Crippen LogP contribution is 2.54. The summed E-state index contributed by atoms with van der Waals surface area (Å²) in [5.74, 6) is -4.49. The number of allylic oxidation sites excluding steroid dienone is 2. The van der Waals surface area contributed by atoms with Gasteiger partial charge >= 0.3 is 0 Å². The SMILES string of the molecule is CC1(O)C(C(N)=O)=C(O)CC2CC3Cc4cc(Cl)c(N)c(O)c4C(=O)C3=C(O)C21. The van der Waals surface area contributed by atoms with Crippen molar-refractivity contribution >= 4 is 29.0 Å². The van der Waals surface area contributed by atoms with Crippen molar-refractivity contribution in [3.63, 3.8) is 0 Å². The predicted octanol–water partition coefficient (Wildman–Crippen LogP) is 1.88. The van der Waals surface area contributed by atoms with Gasteiger partial charge in [-0.3, -0.25) is 9.59 Å². The van der Waals surface area contributed by atoms with E-state index in [4.69, 9.17) is 23.1 Å². The number of ketones is 1. The van der Waals surface area contributed by atoms with Crippen LogP contribution in [0, 0.1) is 17.8 Å². The quantitative estimate of drug-likeness (QED) is 0.298. The van der Waals surface area contributed by atoms with Gasteiger partial charge in [0.05, 0.1) is 27.8 Å². The van der Waals surface area contributed by atoms with Gasteiger partial charge in [0.25, 0.3) is 5.91 Å². The van der Waals surface area contributed by atoms with E-state index in [2.05, 4.69) is 0 Å². The highest BCUT2D eigenvalue weighted by Gasteiger charge is 2.55. The minimum atomic E-state index is -1.96. The fraction of sp³-hybridized carbons (Fsp3) is 0.400. The second-order valence-corrected chi connectivity index (χ2v) is 8.60. The molecular formula is C20H21ClN2O6. The molecule has 29 heavy (non-hydrogen) atoms. The van der Waals surface area contributed by atoms with Gasteiger partial charge in [-0.15, -0.1) is 0 Å². The number of anilines is 1. The molecular weight excluding hydrogens is 400 g/mol. The number of nitrogen functional groups attached to an aromatic ring is 1. The molecule has 0 saturated heterocycles. The van der Waals surface area contributed by atoms with E-state index >= 15 is 0 Å². The molecule has 4 atom stereocenters. The van der Waals surface area contributed by atoms with Gasteiger partial charge in [-0.1, -0.05) is 11.6 Å². The first-order valence-electron chi connectivity index (χ1n) is 9.19. The number of benzene rings is 1. The average molecular weight is 421 g/mol. The summed E-state index contributed by atoms with van der Waals surface area (Å²) in [6.07, 6.45) is 0.749. The van der Waals surface area contributed by atoms with E-state index in [0.29, 0.717) is 18.4 Å². The number of aliphatic hydroxyl groups excluding tert-OH is 2. The molecule has 0 spiro atoms. The van der Waals surface area contributed by atoms with Crippen molar-refractivity contribution in [3.05, 3.63) is 44.9 Å². The topological polar surface area (TPSA) is 167 Å². The normalized spacial score (nSPS) is 31.3. The number of fused-ring (bicyclic) bond motifs is 3. The standard InChI is InChI=1S/C20H21ClN2O6/c1-20(29)13-8(5-10(24)14(20)19(23)28)3-6-2-7-4-9(21)15(22)18(27)12(7)16(25)11(6)17(13)26/h4,6,8,13,24,26-27,29H,2-3,5,22H2,1H3,(H2,23,28). The Balaban J connectivity index is 1.89. The Morgan fingerprint density at radius 1 is 1.28 bits per heavy atom. The lowest BCUT2D eigenvalue weighted by Gasteiger charge is -2.48. The number of hydrogen-bond donors (Lipinski definition) is 6. The Morgan fingerprint density at radius 2 is 1.93 bits per heavy atom. The zero-order valence-corrected chi connectivity index (χ0v) is 16.3. The van der Waals surface area contributed by atoms with Crippen molar-refractivity contribution in [3.8, 4) is 5.75 Å².